The van der Waals surface area contributed by atoms with Crippen LogP contribution < -0.4 is 5.73 Å². The standard InChI is InChI=1S/C15H20Cl2N2O/c1-15(2)4-3-6-19(7-5-15)14(20)10-8-11(16)13(17)12(18)9-10/h8-9H,3-7,18H2,1-2H3. The molecule has 0 radical (unpaired) electrons. The van der Waals surface area contributed by atoms with E-state index in [4.69, 9.17) is 28.9 Å². The quantitative estimate of drug-likeness (QED) is 0.788. The van der Waals surface area contributed by atoms with Crippen molar-refractivity contribution in [2.24, 2.45) is 5.41 Å². The molecule has 1 amide bonds. The molecule has 1 aromatic carbocycles. The first-order valence-corrected chi connectivity index (χ1v) is 7.59. The van der Waals surface area contributed by atoms with Gasteiger partial charge < -0.3 is 10.6 Å². The molecule has 3 nitrogen and oxygen atoms in total. The molecule has 1 fully saturated rings. The molecule has 110 valence electrons. The monoisotopic (exact) mass is 314 g/mol. The highest BCUT2D eigenvalue weighted by atomic mass is 35.5. The highest BCUT2D eigenvalue weighted by Gasteiger charge is 2.26. The lowest BCUT2D eigenvalue weighted by molar-refractivity contribution is 0.0757. The Morgan fingerprint density at radius 3 is 2.60 bits per heavy atom. The second-order valence-corrected chi connectivity index (χ2v) is 6.96. The summed E-state index contributed by atoms with van der Waals surface area (Å²) in [7, 11) is 0. The van der Waals surface area contributed by atoms with Crippen LogP contribution in [-0.4, -0.2) is 23.9 Å². The van der Waals surface area contributed by atoms with Crippen molar-refractivity contribution in [1.29, 1.82) is 0 Å². The lowest BCUT2D eigenvalue weighted by atomic mass is 9.85. The fourth-order valence-electron chi connectivity index (χ4n) is 2.54. The van der Waals surface area contributed by atoms with Gasteiger partial charge in [-0.25, -0.2) is 0 Å². The Hall–Kier alpha value is -0.930. The molecular weight excluding hydrogens is 295 g/mol. The van der Waals surface area contributed by atoms with Crippen LogP contribution in [0.1, 0.15) is 43.5 Å². The third kappa shape index (κ3) is 3.39. The van der Waals surface area contributed by atoms with E-state index in [-0.39, 0.29) is 5.91 Å². The van der Waals surface area contributed by atoms with Crippen LogP contribution in [0.5, 0.6) is 0 Å². The number of nitrogens with two attached hydrogens (primary N) is 1. The fraction of sp³-hybridized carbons (Fsp3) is 0.533. The van der Waals surface area contributed by atoms with E-state index >= 15 is 0 Å². The van der Waals surface area contributed by atoms with Gasteiger partial charge in [-0.05, 0) is 36.8 Å². The SMILES string of the molecule is CC1(C)CCCN(C(=O)c2cc(N)c(Cl)c(Cl)c2)CC1. The summed E-state index contributed by atoms with van der Waals surface area (Å²) in [4.78, 5) is 14.4. The predicted octanol–water partition coefficient (Wildman–Crippen LogP) is 4.23. The van der Waals surface area contributed by atoms with Crippen LogP contribution in [0, 0.1) is 5.41 Å². The minimum absolute atomic E-state index is 0.0204. The maximum absolute atomic E-state index is 12.5. The van der Waals surface area contributed by atoms with Gasteiger partial charge in [0.1, 0.15) is 0 Å². The Morgan fingerprint density at radius 2 is 1.95 bits per heavy atom. The molecule has 2 N–H and O–H groups in total. The molecule has 0 saturated carbocycles. The number of hydrogen-bond donors (Lipinski definition) is 1. The zero-order chi connectivity index (χ0) is 14.9. The number of hydrogen-bond acceptors (Lipinski definition) is 2. The van der Waals surface area contributed by atoms with E-state index in [0.717, 1.165) is 32.4 Å². The first kappa shape index (κ1) is 15.5. The van der Waals surface area contributed by atoms with Gasteiger partial charge in [-0.15, -0.1) is 0 Å². The van der Waals surface area contributed by atoms with Gasteiger partial charge in [-0.1, -0.05) is 37.0 Å². The topological polar surface area (TPSA) is 46.3 Å². The Bertz CT molecular complexity index is 506. The van der Waals surface area contributed by atoms with Gasteiger partial charge >= 0.3 is 0 Å². The Morgan fingerprint density at radius 1 is 1.25 bits per heavy atom. The van der Waals surface area contributed by atoms with Crippen LogP contribution in [0.4, 0.5) is 5.69 Å². The average molecular weight is 315 g/mol. The van der Waals surface area contributed by atoms with E-state index in [1.165, 1.54) is 0 Å². The van der Waals surface area contributed by atoms with Crippen molar-refractivity contribution in [3.8, 4) is 0 Å². The third-order valence-electron chi connectivity index (χ3n) is 3.93. The summed E-state index contributed by atoms with van der Waals surface area (Å²) in [5, 5.41) is 0.630. The van der Waals surface area contributed by atoms with Crippen LogP contribution in [0.25, 0.3) is 0 Å². The molecule has 0 spiro atoms. The second-order valence-electron chi connectivity index (χ2n) is 6.17. The number of carbonyl (C=O) groups is 1. The summed E-state index contributed by atoms with van der Waals surface area (Å²) in [6.07, 6.45) is 3.17. The lowest BCUT2D eigenvalue weighted by Crippen LogP contribution is -2.32. The molecule has 1 aliphatic heterocycles. The predicted molar refractivity (Wildman–Crippen MR) is 84.4 cm³/mol. The van der Waals surface area contributed by atoms with Crippen LogP contribution in [0.2, 0.25) is 10.0 Å². The third-order valence-corrected chi connectivity index (χ3v) is 4.75. The van der Waals surface area contributed by atoms with Crippen molar-refractivity contribution in [2.75, 3.05) is 18.8 Å². The second kappa shape index (κ2) is 5.82. The van der Waals surface area contributed by atoms with Gasteiger partial charge in [0, 0.05) is 18.7 Å². The number of amides is 1. The molecule has 0 aromatic heterocycles. The number of halogens is 2. The molecule has 0 unspecified atom stereocenters. The Kier molecular flexibility index (Phi) is 4.50. The van der Waals surface area contributed by atoms with E-state index in [1.54, 1.807) is 12.1 Å². The van der Waals surface area contributed by atoms with Gasteiger partial charge in [0.2, 0.25) is 0 Å². The molecule has 5 heteroatoms. The summed E-state index contributed by atoms with van der Waals surface area (Å²) < 4.78 is 0. The molecule has 1 saturated heterocycles. The van der Waals surface area contributed by atoms with Crippen LogP contribution >= 0.6 is 23.2 Å². The minimum atomic E-state index is -0.0204. The number of benzene rings is 1. The molecule has 1 aromatic rings. The van der Waals surface area contributed by atoms with E-state index < -0.39 is 0 Å². The number of anilines is 1. The van der Waals surface area contributed by atoms with Crippen molar-refractivity contribution in [1.82, 2.24) is 4.90 Å². The molecule has 0 aliphatic carbocycles. The largest absolute Gasteiger partial charge is 0.397 e. The van der Waals surface area contributed by atoms with Crippen LogP contribution in [0.15, 0.2) is 12.1 Å². The number of likely N-dealkylation sites (tertiary alicyclic amines) is 1. The summed E-state index contributed by atoms with van der Waals surface area (Å²) in [5.74, 6) is -0.0204. The van der Waals surface area contributed by atoms with Gasteiger partial charge in [-0.2, -0.15) is 0 Å². The van der Waals surface area contributed by atoms with E-state index in [0.29, 0.717) is 26.7 Å². The number of rotatable bonds is 1. The molecule has 1 aliphatic rings. The van der Waals surface area contributed by atoms with Crippen LogP contribution in [0.3, 0.4) is 0 Å². The molecule has 0 bridgehead atoms. The van der Waals surface area contributed by atoms with E-state index in [1.807, 2.05) is 4.90 Å². The zero-order valence-electron chi connectivity index (χ0n) is 11.9. The molecule has 0 atom stereocenters. The summed E-state index contributed by atoms with van der Waals surface area (Å²) in [6.45, 7) is 6.05. The average Bonchev–Trinajstić information content (AvgIpc) is 2.55. The fourth-order valence-corrected chi connectivity index (χ4v) is 2.88. The van der Waals surface area contributed by atoms with Gasteiger partial charge in [0.25, 0.3) is 5.91 Å². The van der Waals surface area contributed by atoms with Gasteiger partial charge in [0.15, 0.2) is 0 Å². The summed E-state index contributed by atoms with van der Waals surface area (Å²) >= 11 is 11.9. The summed E-state index contributed by atoms with van der Waals surface area (Å²) in [6, 6.07) is 3.20. The van der Waals surface area contributed by atoms with Crippen molar-refractivity contribution in [3.05, 3.63) is 27.7 Å². The molecule has 20 heavy (non-hydrogen) atoms. The normalized spacial score (nSPS) is 18.7. The maximum atomic E-state index is 12.5. The van der Waals surface area contributed by atoms with Crippen molar-refractivity contribution >= 4 is 34.8 Å². The lowest BCUT2D eigenvalue weighted by Gasteiger charge is -2.23. The van der Waals surface area contributed by atoms with E-state index in [2.05, 4.69) is 13.8 Å². The zero-order valence-corrected chi connectivity index (χ0v) is 13.4. The number of nitrogen functional groups attached to an aromatic ring is 1. The first-order chi connectivity index (χ1) is 9.30. The highest BCUT2D eigenvalue weighted by Crippen LogP contribution is 2.32. The number of nitrogens with zero attached hydrogens (tertiary/aromatic N) is 1. The van der Waals surface area contributed by atoms with Crippen molar-refractivity contribution in [3.63, 3.8) is 0 Å². The van der Waals surface area contributed by atoms with Crippen LogP contribution in [-0.2, 0) is 0 Å². The number of carbonyl (C=O) groups excluding carboxylic acids is 1. The minimum Gasteiger partial charge on any atom is -0.397 e. The highest BCUT2D eigenvalue weighted by molar-refractivity contribution is 6.43. The Balaban J connectivity index is 2.19. The van der Waals surface area contributed by atoms with Crippen molar-refractivity contribution < 1.29 is 4.79 Å². The van der Waals surface area contributed by atoms with Gasteiger partial charge in [-0.3, -0.25) is 4.79 Å². The van der Waals surface area contributed by atoms with E-state index in [9.17, 15) is 4.79 Å². The maximum Gasteiger partial charge on any atom is 0.253 e. The first-order valence-electron chi connectivity index (χ1n) is 6.84. The Labute approximate surface area is 130 Å². The van der Waals surface area contributed by atoms with Crippen molar-refractivity contribution in [2.45, 2.75) is 33.1 Å². The molecule has 2 rings (SSSR count). The smallest absolute Gasteiger partial charge is 0.253 e. The molecular formula is C15H20Cl2N2O. The summed E-state index contributed by atoms with van der Waals surface area (Å²) in [5.41, 5.74) is 6.93. The van der Waals surface area contributed by atoms with Gasteiger partial charge in [0.05, 0.1) is 15.7 Å². The molecule has 1 heterocycles.